The Bertz CT molecular complexity index is 647. The third-order valence-corrected chi connectivity index (χ3v) is 7.51. The number of nitrogens with one attached hydrogen (secondary N) is 2. The van der Waals surface area contributed by atoms with Crippen LogP contribution in [0.1, 0.15) is 79.6 Å². The second-order valence-corrected chi connectivity index (χ2v) is 11.0. The summed E-state index contributed by atoms with van der Waals surface area (Å²) in [4.78, 5) is 28.2. The second-order valence-electron chi connectivity index (χ2n) is 10.6. The van der Waals surface area contributed by atoms with Gasteiger partial charge >= 0.3 is 6.09 Å². The van der Waals surface area contributed by atoms with Gasteiger partial charge in [0, 0.05) is 19.1 Å². The maximum atomic E-state index is 13.1. The highest BCUT2D eigenvalue weighted by Gasteiger charge is 2.40. The number of nitrogens with zero attached hydrogens (tertiary/aromatic N) is 1. The Hall–Kier alpha value is -1.41. The second kappa shape index (κ2) is 12.2. The van der Waals surface area contributed by atoms with Gasteiger partial charge in [0.05, 0.1) is 12.6 Å². The summed E-state index contributed by atoms with van der Waals surface area (Å²) < 4.78 is 5.36. The molecule has 1 saturated carbocycles. The van der Waals surface area contributed by atoms with Crippen molar-refractivity contribution in [3.63, 3.8) is 0 Å². The van der Waals surface area contributed by atoms with Crippen molar-refractivity contribution in [2.75, 3.05) is 19.7 Å². The Morgan fingerprint density at radius 2 is 1.84 bits per heavy atom. The van der Waals surface area contributed by atoms with Crippen LogP contribution in [-0.2, 0) is 9.53 Å². The van der Waals surface area contributed by atoms with Crippen molar-refractivity contribution in [1.29, 1.82) is 0 Å². The monoisotopic (exact) mass is 468 g/mol. The van der Waals surface area contributed by atoms with E-state index < -0.39 is 6.09 Å². The Balaban J connectivity index is 2.01. The molecule has 0 spiro atoms. The van der Waals surface area contributed by atoms with Crippen molar-refractivity contribution < 1.29 is 14.3 Å². The maximum absolute atomic E-state index is 13.1. The number of hydrogen-bond acceptors (Lipinski definition) is 5. The zero-order valence-electron chi connectivity index (χ0n) is 20.6. The lowest BCUT2D eigenvalue weighted by molar-refractivity contribution is -0.124. The quantitative estimate of drug-likeness (QED) is 0.448. The first-order valence-electron chi connectivity index (χ1n) is 12.3. The van der Waals surface area contributed by atoms with Crippen molar-refractivity contribution >= 4 is 29.2 Å². The molecule has 2 amide bonds. The first kappa shape index (κ1) is 26.8. The van der Waals surface area contributed by atoms with Crippen molar-refractivity contribution in [2.24, 2.45) is 23.0 Å². The van der Waals surface area contributed by atoms with Crippen molar-refractivity contribution in [1.82, 2.24) is 15.5 Å². The average molecular weight is 469 g/mol. The van der Waals surface area contributed by atoms with Gasteiger partial charge in [-0.1, -0.05) is 46.8 Å². The number of rotatable bonds is 9. The topological polar surface area (TPSA) is 96.7 Å². The molecule has 1 aliphatic heterocycles. The average Bonchev–Trinajstić information content (AvgIpc) is 3.25. The van der Waals surface area contributed by atoms with E-state index in [-0.39, 0.29) is 29.3 Å². The smallest absolute Gasteiger partial charge is 0.407 e. The maximum Gasteiger partial charge on any atom is 0.407 e. The SMILES string of the molecule is CCC(C)(C)[C@H](NC(=O)OCC(C)C)C(=S)N1CCC[C@H]1C(=O)NCC1CCC(N)CC1. The third kappa shape index (κ3) is 7.58. The van der Waals surface area contributed by atoms with Crippen molar-refractivity contribution in [2.45, 2.75) is 97.7 Å². The summed E-state index contributed by atoms with van der Waals surface area (Å²) in [5.41, 5.74) is 5.73. The number of amides is 2. The van der Waals surface area contributed by atoms with Crippen LogP contribution in [0.4, 0.5) is 4.79 Å². The number of carbonyl (C=O) groups excluding carboxylic acids is 2. The molecule has 4 N–H and O–H groups in total. The number of alkyl carbamates (subject to hydrolysis) is 1. The molecule has 184 valence electrons. The fourth-order valence-electron chi connectivity index (χ4n) is 4.42. The van der Waals surface area contributed by atoms with E-state index in [4.69, 9.17) is 22.7 Å². The minimum atomic E-state index is -0.455. The van der Waals surface area contributed by atoms with Crippen LogP contribution in [0.25, 0.3) is 0 Å². The van der Waals surface area contributed by atoms with Gasteiger partial charge in [-0.05, 0) is 62.2 Å². The van der Waals surface area contributed by atoms with Crippen LogP contribution in [0.3, 0.4) is 0 Å². The van der Waals surface area contributed by atoms with Gasteiger partial charge < -0.3 is 26.0 Å². The highest BCUT2D eigenvalue weighted by atomic mass is 32.1. The summed E-state index contributed by atoms with van der Waals surface area (Å²) in [6.45, 7) is 12.1. The molecule has 1 heterocycles. The summed E-state index contributed by atoms with van der Waals surface area (Å²) in [5.74, 6) is 0.803. The van der Waals surface area contributed by atoms with Crippen molar-refractivity contribution in [3.8, 4) is 0 Å². The van der Waals surface area contributed by atoms with Crippen LogP contribution in [0.2, 0.25) is 0 Å². The molecule has 0 aromatic carbocycles. The van der Waals surface area contributed by atoms with Gasteiger partial charge in [0.15, 0.2) is 0 Å². The van der Waals surface area contributed by atoms with Gasteiger partial charge in [0.1, 0.15) is 11.0 Å². The summed E-state index contributed by atoms with van der Waals surface area (Å²) in [6, 6.07) is -0.351. The largest absolute Gasteiger partial charge is 0.449 e. The molecule has 0 bridgehead atoms. The van der Waals surface area contributed by atoms with Gasteiger partial charge in [-0.15, -0.1) is 0 Å². The Kier molecular flexibility index (Phi) is 10.2. The molecule has 0 aromatic rings. The van der Waals surface area contributed by atoms with Crippen LogP contribution in [0, 0.1) is 17.3 Å². The number of carbonyl (C=O) groups is 2. The molecular weight excluding hydrogens is 424 g/mol. The molecule has 1 aliphatic carbocycles. The van der Waals surface area contributed by atoms with Crippen LogP contribution in [0.5, 0.6) is 0 Å². The summed E-state index contributed by atoms with van der Waals surface area (Å²) >= 11 is 5.88. The van der Waals surface area contributed by atoms with Gasteiger partial charge in [-0.2, -0.15) is 0 Å². The molecule has 2 rings (SSSR count). The lowest BCUT2D eigenvalue weighted by Crippen LogP contribution is -2.57. The van der Waals surface area contributed by atoms with Crippen LogP contribution >= 0.6 is 12.2 Å². The van der Waals surface area contributed by atoms with Gasteiger partial charge in [0.2, 0.25) is 5.91 Å². The molecule has 2 fully saturated rings. The number of nitrogens with two attached hydrogens (primary N) is 1. The molecule has 7 nitrogen and oxygen atoms in total. The standard InChI is InChI=1S/C24H44N4O3S/c1-6-24(4,5)20(27-23(30)31-15-16(2)3)22(32)28-13-7-8-19(28)21(29)26-14-17-9-11-18(25)12-10-17/h16-20H,6-15,25H2,1-5H3,(H,26,29)(H,27,30)/t17?,18?,19-,20+/m0/s1. The van der Waals surface area contributed by atoms with E-state index in [1.54, 1.807) is 0 Å². The predicted octanol–water partition coefficient (Wildman–Crippen LogP) is 3.60. The first-order valence-corrected chi connectivity index (χ1v) is 12.7. The first-order chi connectivity index (χ1) is 15.0. The molecule has 2 atom stereocenters. The third-order valence-electron chi connectivity index (χ3n) is 7.04. The van der Waals surface area contributed by atoms with Crippen LogP contribution in [0.15, 0.2) is 0 Å². The minimum Gasteiger partial charge on any atom is -0.449 e. The molecule has 8 heteroatoms. The fraction of sp³-hybridized carbons (Fsp3) is 0.875. The van der Waals surface area contributed by atoms with E-state index in [2.05, 4.69) is 31.4 Å². The molecule has 1 saturated heterocycles. The normalized spacial score (nSPS) is 24.8. The number of ether oxygens (including phenoxy) is 1. The highest BCUT2D eigenvalue weighted by molar-refractivity contribution is 7.80. The molecule has 32 heavy (non-hydrogen) atoms. The fourth-order valence-corrected chi connectivity index (χ4v) is 5.02. The predicted molar refractivity (Wildman–Crippen MR) is 132 cm³/mol. The molecule has 0 aromatic heterocycles. The van der Waals surface area contributed by atoms with Gasteiger partial charge in [0.25, 0.3) is 0 Å². The van der Waals surface area contributed by atoms with E-state index in [1.165, 1.54) is 0 Å². The zero-order valence-corrected chi connectivity index (χ0v) is 21.4. The highest BCUT2D eigenvalue weighted by Crippen LogP contribution is 2.30. The van der Waals surface area contributed by atoms with E-state index in [9.17, 15) is 9.59 Å². The number of likely N-dealkylation sites (tertiary alicyclic amines) is 1. The number of hydrogen-bond donors (Lipinski definition) is 3. The lowest BCUT2D eigenvalue weighted by Gasteiger charge is -2.39. The minimum absolute atomic E-state index is 0.0372. The van der Waals surface area contributed by atoms with E-state index in [1.807, 2.05) is 18.7 Å². The summed E-state index contributed by atoms with van der Waals surface area (Å²) in [7, 11) is 0. The van der Waals surface area contributed by atoms with Crippen LogP contribution in [-0.4, -0.2) is 59.7 Å². The van der Waals surface area contributed by atoms with E-state index in [0.717, 1.165) is 51.5 Å². The molecule has 0 radical (unpaired) electrons. The Morgan fingerprint density at radius 3 is 2.44 bits per heavy atom. The summed E-state index contributed by atoms with van der Waals surface area (Å²) in [5, 5.41) is 6.17. The van der Waals surface area contributed by atoms with Crippen LogP contribution < -0.4 is 16.4 Å². The lowest BCUT2D eigenvalue weighted by atomic mass is 9.81. The Labute approximate surface area is 199 Å². The number of thiocarbonyl (C=S) groups is 1. The van der Waals surface area contributed by atoms with E-state index in [0.29, 0.717) is 30.1 Å². The molecular formula is C24H44N4O3S. The zero-order chi connectivity index (χ0) is 23.9. The van der Waals surface area contributed by atoms with Crippen molar-refractivity contribution in [3.05, 3.63) is 0 Å². The summed E-state index contributed by atoms with van der Waals surface area (Å²) in [6.07, 6.45) is 6.28. The molecule has 0 unspecified atom stereocenters. The Morgan fingerprint density at radius 1 is 1.19 bits per heavy atom. The molecule has 2 aliphatic rings. The van der Waals surface area contributed by atoms with E-state index >= 15 is 0 Å². The van der Waals surface area contributed by atoms with Gasteiger partial charge in [-0.3, -0.25) is 4.79 Å². The van der Waals surface area contributed by atoms with Gasteiger partial charge in [-0.25, -0.2) is 4.79 Å².